The number of aryl methyl sites for hydroxylation is 1. The standard InChI is InChI=1S/C24H27FN4O3/c1-29-22(7-9-27-29)21-15-19(28-24(30)14-17-3-2-4-18(25)13-17)5-6-23(21)32-11-8-20-16-26-10-12-31-20/h2-7,9,13,15,20,26H,8,10-12,14,16H2,1H3,(H,28,30). The van der Waals surface area contributed by atoms with E-state index in [0.29, 0.717) is 23.6 Å². The third-order valence-electron chi connectivity index (χ3n) is 5.32. The number of halogens is 1. The van der Waals surface area contributed by atoms with Gasteiger partial charge in [-0.15, -0.1) is 0 Å². The van der Waals surface area contributed by atoms with Crippen LogP contribution >= 0.6 is 0 Å². The molecule has 2 heterocycles. The van der Waals surface area contributed by atoms with E-state index in [0.717, 1.165) is 37.4 Å². The van der Waals surface area contributed by atoms with E-state index in [1.165, 1.54) is 12.1 Å². The normalized spacial score (nSPS) is 16.0. The van der Waals surface area contributed by atoms with Gasteiger partial charge in [0.15, 0.2) is 0 Å². The Bertz CT molecular complexity index is 1060. The Balaban J connectivity index is 1.46. The lowest BCUT2D eigenvalue weighted by molar-refractivity contribution is -0.115. The quantitative estimate of drug-likeness (QED) is 0.565. The van der Waals surface area contributed by atoms with E-state index in [-0.39, 0.29) is 24.2 Å². The summed E-state index contributed by atoms with van der Waals surface area (Å²) in [6.45, 7) is 2.94. The van der Waals surface area contributed by atoms with E-state index >= 15 is 0 Å². The van der Waals surface area contributed by atoms with Crippen molar-refractivity contribution in [2.24, 2.45) is 7.05 Å². The average molecular weight is 439 g/mol. The van der Waals surface area contributed by atoms with Crippen LogP contribution in [-0.4, -0.2) is 48.1 Å². The van der Waals surface area contributed by atoms with Crippen molar-refractivity contribution in [3.05, 3.63) is 66.1 Å². The summed E-state index contributed by atoms with van der Waals surface area (Å²) < 4.78 is 27.0. The maximum Gasteiger partial charge on any atom is 0.228 e. The molecular formula is C24H27FN4O3. The fourth-order valence-electron chi connectivity index (χ4n) is 3.71. The second kappa shape index (κ2) is 10.4. The van der Waals surface area contributed by atoms with Gasteiger partial charge in [-0.2, -0.15) is 5.10 Å². The van der Waals surface area contributed by atoms with Gasteiger partial charge >= 0.3 is 0 Å². The zero-order chi connectivity index (χ0) is 22.3. The van der Waals surface area contributed by atoms with Crippen molar-refractivity contribution in [3.8, 4) is 17.0 Å². The highest BCUT2D eigenvalue weighted by molar-refractivity contribution is 5.93. The summed E-state index contributed by atoms with van der Waals surface area (Å²) in [5.74, 6) is 0.132. The maximum atomic E-state index is 13.4. The van der Waals surface area contributed by atoms with Gasteiger partial charge in [0.1, 0.15) is 11.6 Å². The third kappa shape index (κ3) is 5.72. The molecule has 1 aromatic heterocycles. The van der Waals surface area contributed by atoms with Crippen LogP contribution in [0.3, 0.4) is 0 Å². The molecule has 1 atom stereocenters. The van der Waals surface area contributed by atoms with Gasteiger partial charge in [0, 0.05) is 44.0 Å². The van der Waals surface area contributed by atoms with E-state index in [9.17, 15) is 9.18 Å². The number of ether oxygens (including phenoxy) is 2. The van der Waals surface area contributed by atoms with Gasteiger partial charge in [-0.25, -0.2) is 4.39 Å². The van der Waals surface area contributed by atoms with E-state index < -0.39 is 0 Å². The summed E-state index contributed by atoms with van der Waals surface area (Å²) in [7, 11) is 1.86. The summed E-state index contributed by atoms with van der Waals surface area (Å²) in [6.07, 6.45) is 2.73. The second-order valence-electron chi connectivity index (χ2n) is 7.74. The molecule has 0 bridgehead atoms. The van der Waals surface area contributed by atoms with Gasteiger partial charge in [-0.05, 0) is 42.0 Å². The van der Waals surface area contributed by atoms with Crippen LogP contribution in [0.25, 0.3) is 11.3 Å². The highest BCUT2D eigenvalue weighted by atomic mass is 19.1. The molecule has 1 amide bonds. The smallest absolute Gasteiger partial charge is 0.228 e. The molecule has 3 aromatic rings. The molecule has 8 heteroatoms. The van der Waals surface area contributed by atoms with E-state index in [1.807, 2.05) is 25.2 Å². The monoisotopic (exact) mass is 438 g/mol. The molecule has 0 saturated carbocycles. The number of anilines is 1. The number of benzene rings is 2. The number of hydrogen-bond acceptors (Lipinski definition) is 5. The lowest BCUT2D eigenvalue weighted by Gasteiger charge is -2.23. The SMILES string of the molecule is Cn1nccc1-c1cc(NC(=O)Cc2cccc(F)c2)ccc1OCCC1CNCCO1. The van der Waals surface area contributed by atoms with Crippen molar-refractivity contribution < 1.29 is 18.7 Å². The summed E-state index contributed by atoms with van der Waals surface area (Å²) in [4.78, 5) is 12.5. The molecule has 1 unspecified atom stereocenters. The van der Waals surface area contributed by atoms with Crippen molar-refractivity contribution in [2.75, 3.05) is 31.6 Å². The van der Waals surface area contributed by atoms with E-state index in [4.69, 9.17) is 9.47 Å². The highest BCUT2D eigenvalue weighted by Crippen LogP contribution is 2.32. The molecule has 32 heavy (non-hydrogen) atoms. The first-order valence-electron chi connectivity index (χ1n) is 10.7. The first-order valence-corrected chi connectivity index (χ1v) is 10.7. The van der Waals surface area contributed by atoms with Crippen molar-refractivity contribution in [3.63, 3.8) is 0 Å². The Hall–Kier alpha value is -3.23. The first kappa shape index (κ1) is 22.0. The molecule has 4 rings (SSSR count). The predicted molar refractivity (Wildman–Crippen MR) is 120 cm³/mol. The Morgan fingerprint density at radius 1 is 1.31 bits per heavy atom. The van der Waals surface area contributed by atoms with Gasteiger partial charge in [-0.1, -0.05) is 12.1 Å². The van der Waals surface area contributed by atoms with Crippen molar-refractivity contribution >= 4 is 11.6 Å². The van der Waals surface area contributed by atoms with Crippen LogP contribution in [0.15, 0.2) is 54.7 Å². The van der Waals surface area contributed by atoms with Crippen molar-refractivity contribution in [1.29, 1.82) is 0 Å². The number of rotatable bonds is 8. The number of carbonyl (C=O) groups is 1. The molecule has 0 aliphatic carbocycles. The molecule has 7 nitrogen and oxygen atoms in total. The Labute approximate surface area is 186 Å². The fourth-order valence-corrected chi connectivity index (χ4v) is 3.71. The number of amides is 1. The molecule has 1 aliphatic rings. The number of nitrogens with zero attached hydrogens (tertiary/aromatic N) is 2. The minimum atomic E-state index is -0.357. The van der Waals surface area contributed by atoms with Gasteiger partial charge in [0.05, 0.1) is 31.4 Å². The van der Waals surface area contributed by atoms with Crippen LogP contribution in [0.1, 0.15) is 12.0 Å². The Kier molecular flexibility index (Phi) is 7.14. The van der Waals surface area contributed by atoms with Gasteiger partial charge in [0.25, 0.3) is 0 Å². The minimum Gasteiger partial charge on any atom is -0.493 e. The molecule has 168 valence electrons. The molecule has 2 N–H and O–H groups in total. The lowest BCUT2D eigenvalue weighted by Crippen LogP contribution is -2.39. The molecule has 0 spiro atoms. The van der Waals surface area contributed by atoms with E-state index in [2.05, 4.69) is 15.7 Å². The fraction of sp³-hybridized carbons (Fsp3) is 0.333. The lowest BCUT2D eigenvalue weighted by atomic mass is 10.1. The van der Waals surface area contributed by atoms with Crippen LogP contribution in [-0.2, 0) is 23.0 Å². The zero-order valence-electron chi connectivity index (χ0n) is 18.0. The summed E-state index contributed by atoms with van der Waals surface area (Å²) in [5.41, 5.74) is 2.96. The molecule has 1 aliphatic heterocycles. The zero-order valence-corrected chi connectivity index (χ0v) is 18.0. The topological polar surface area (TPSA) is 77.4 Å². The highest BCUT2D eigenvalue weighted by Gasteiger charge is 2.16. The van der Waals surface area contributed by atoms with Crippen LogP contribution in [0.4, 0.5) is 10.1 Å². The number of hydrogen-bond donors (Lipinski definition) is 2. The number of aromatic nitrogens is 2. The van der Waals surface area contributed by atoms with Gasteiger partial charge in [-0.3, -0.25) is 9.48 Å². The number of nitrogens with one attached hydrogen (secondary N) is 2. The van der Waals surface area contributed by atoms with Gasteiger partial charge in [0.2, 0.25) is 5.91 Å². The summed E-state index contributed by atoms with van der Waals surface area (Å²) >= 11 is 0. The van der Waals surface area contributed by atoms with Crippen molar-refractivity contribution in [1.82, 2.24) is 15.1 Å². The number of carbonyl (C=O) groups excluding carboxylic acids is 1. The Morgan fingerprint density at radius 3 is 2.97 bits per heavy atom. The molecule has 1 fully saturated rings. The van der Waals surface area contributed by atoms with Crippen molar-refractivity contribution in [2.45, 2.75) is 18.9 Å². The maximum absolute atomic E-state index is 13.4. The third-order valence-corrected chi connectivity index (χ3v) is 5.32. The predicted octanol–water partition coefficient (Wildman–Crippen LogP) is 3.16. The minimum absolute atomic E-state index is 0.0898. The van der Waals surface area contributed by atoms with E-state index in [1.54, 1.807) is 29.1 Å². The molecule has 0 radical (unpaired) electrons. The molecule has 1 saturated heterocycles. The van der Waals surface area contributed by atoms with Crippen LogP contribution in [0.2, 0.25) is 0 Å². The molecular weight excluding hydrogens is 411 g/mol. The second-order valence-corrected chi connectivity index (χ2v) is 7.74. The van der Waals surface area contributed by atoms with Crippen LogP contribution < -0.4 is 15.4 Å². The van der Waals surface area contributed by atoms with Crippen LogP contribution in [0, 0.1) is 5.82 Å². The average Bonchev–Trinajstić information content (AvgIpc) is 3.21. The van der Waals surface area contributed by atoms with Crippen LogP contribution in [0.5, 0.6) is 5.75 Å². The summed E-state index contributed by atoms with van der Waals surface area (Å²) in [5, 5.41) is 10.5. The first-order chi connectivity index (χ1) is 15.6. The van der Waals surface area contributed by atoms with Gasteiger partial charge < -0.3 is 20.1 Å². The Morgan fingerprint density at radius 2 is 2.22 bits per heavy atom. The summed E-state index contributed by atoms with van der Waals surface area (Å²) in [6, 6.07) is 13.5. The molecule has 2 aromatic carbocycles. The largest absolute Gasteiger partial charge is 0.493 e. The number of morpholine rings is 1.